The van der Waals surface area contributed by atoms with Crippen molar-refractivity contribution in [3.8, 4) is 5.75 Å². The Morgan fingerprint density at radius 2 is 1.95 bits per heavy atom. The van der Waals surface area contributed by atoms with Crippen LogP contribution in [-0.4, -0.2) is 24.0 Å². The molecule has 0 unspecified atom stereocenters. The highest BCUT2D eigenvalue weighted by molar-refractivity contribution is 9.10. The number of halogens is 1. The Morgan fingerprint density at radius 1 is 1.29 bits per heavy atom. The third-order valence-electron chi connectivity index (χ3n) is 4.19. The second-order valence-electron chi connectivity index (χ2n) is 5.72. The number of Topliss-reactive ketones (excluding diaryl/α,β-unsaturated/α-hetero) is 1. The molecule has 0 amide bonds. The summed E-state index contributed by atoms with van der Waals surface area (Å²) in [6, 6.07) is 5.30. The summed E-state index contributed by atoms with van der Waals surface area (Å²) in [4.78, 5) is 23.7. The van der Waals surface area contributed by atoms with Gasteiger partial charge in [0.1, 0.15) is 5.75 Å². The number of carbonyl (C=O) groups is 2. The number of carbonyl (C=O) groups excluding carboxylic acids is 1. The summed E-state index contributed by atoms with van der Waals surface area (Å²) in [6.45, 7) is 0. The minimum atomic E-state index is -0.828. The largest absolute Gasteiger partial charge is 0.496 e. The number of aliphatic carboxylic acids is 1. The summed E-state index contributed by atoms with van der Waals surface area (Å²) in [5, 5.41) is 9.12. The van der Waals surface area contributed by atoms with E-state index < -0.39 is 11.4 Å². The lowest BCUT2D eigenvalue weighted by Gasteiger charge is -2.26. The molecule has 1 fully saturated rings. The molecule has 0 spiro atoms. The Labute approximate surface area is 132 Å². The Morgan fingerprint density at radius 3 is 2.52 bits per heavy atom. The molecule has 1 aliphatic rings. The van der Waals surface area contributed by atoms with E-state index in [0.29, 0.717) is 11.3 Å². The van der Waals surface area contributed by atoms with Crippen LogP contribution in [-0.2, 0) is 4.79 Å². The standard InChI is InChI=1S/C16H19BrO4/c1-21-14-5-4-11(17)8-12(14)13(18)9-16(10-15(19)20)6-2-3-7-16/h4-5,8H,2-3,6-7,9-10H2,1H3,(H,19,20). The molecule has 0 aromatic heterocycles. The van der Waals surface area contributed by atoms with Gasteiger partial charge in [-0.2, -0.15) is 0 Å². The predicted octanol–water partition coefficient (Wildman–Crippen LogP) is 4.07. The lowest BCUT2D eigenvalue weighted by Crippen LogP contribution is -2.25. The molecule has 114 valence electrons. The molecule has 1 N–H and O–H groups in total. The molecule has 5 heteroatoms. The van der Waals surface area contributed by atoms with E-state index in [0.717, 1.165) is 30.2 Å². The maximum absolute atomic E-state index is 12.6. The Bertz CT molecular complexity index is 547. The highest BCUT2D eigenvalue weighted by Gasteiger charge is 2.38. The number of carboxylic acid groups (broad SMARTS) is 1. The first-order chi connectivity index (χ1) is 9.96. The number of ketones is 1. The topological polar surface area (TPSA) is 63.6 Å². The first-order valence-electron chi connectivity index (χ1n) is 7.04. The van der Waals surface area contributed by atoms with E-state index >= 15 is 0 Å². The van der Waals surface area contributed by atoms with Gasteiger partial charge in [0.25, 0.3) is 0 Å². The fraction of sp³-hybridized carbons (Fsp3) is 0.500. The van der Waals surface area contributed by atoms with Gasteiger partial charge in [0.15, 0.2) is 5.78 Å². The molecule has 0 radical (unpaired) electrons. The molecule has 21 heavy (non-hydrogen) atoms. The van der Waals surface area contributed by atoms with Crippen LogP contribution in [0.1, 0.15) is 48.9 Å². The minimum Gasteiger partial charge on any atom is -0.496 e. The number of benzene rings is 1. The van der Waals surface area contributed by atoms with Crippen molar-refractivity contribution in [3.63, 3.8) is 0 Å². The van der Waals surface area contributed by atoms with Crippen LogP contribution in [0.5, 0.6) is 5.75 Å². The first kappa shape index (κ1) is 16.0. The van der Waals surface area contributed by atoms with Crippen LogP contribution in [0.3, 0.4) is 0 Å². The number of hydrogen-bond acceptors (Lipinski definition) is 3. The van der Waals surface area contributed by atoms with Gasteiger partial charge in [0.05, 0.1) is 19.1 Å². The monoisotopic (exact) mass is 354 g/mol. The van der Waals surface area contributed by atoms with E-state index in [4.69, 9.17) is 9.84 Å². The molecule has 1 aliphatic carbocycles. The zero-order valence-electron chi connectivity index (χ0n) is 12.0. The van der Waals surface area contributed by atoms with E-state index in [1.165, 1.54) is 7.11 Å². The summed E-state index contributed by atoms with van der Waals surface area (Å²) in [5.74, 6) is -0.339. The molecule has 0 saturated heterocycles. The maximum Gasteiger partial charge on any atom is 0.303 e. The lowest BCUT2D eigenvalue weighted by atomic mass is 9.77. The summed E-state index contributed by atoms with van der Waals surface area (Å²) < 4.78 is 6.05. The van der Waals surface area contributed by atoms with E-state index in [9.17, 15) is 9.59 Å². The van der Waals surface area contributed by atoms with Crippen molar-refractivity contribution in [2.45, 2.75) is 38.5 Å². The molecule has 0 heterocycles. The quantitative estimate of drug-likeness (QED) is 0.782. The van der Waals surface area contributed by atoms with E-state index in [2.05, 4.69) is 15.9 Å². The van der Waals surface area contributed by atoms with Gasteiger partial charge in [-0.1, -0.05) is 28.8 Å². The second-order valence-corrected chi connectivity index (χ2v) is 6.64. The number of hydrogen-bond donors (Lipinski definition) is 1. The maximum atomic E-state index is 12.6. The van der Waals surface area contributed by atoms with Gasteiger partial charge in [-0.25, -0.2) is 0 Å². The zero-order valence-corrected chi connectivity index (χ0v) is 13.6. The minimum absolute atomic E-state index is 0.0451. The molecular weight excluding hydrogens is 336 g/mol. The highest BCUT2D eigenvalue weighted by Crippen LogP contribution is 2.45. The summed E-state index contributed by atoms with van der Waals surface area (Å²) in [7, 11) is 1.53. The average molecular weight is 355 g/mol. The van der Waals surface area contributed by atoms with Gasteiger partial charge >= 0.3 is 5.97 Å². The van der Waals surface area contributed by atoms with Gasteiger partial charge < -0.3 is 9.84 Å². The van der Waals surface area contributed by atoms with Crippen molar-refractivity contribution in [2.24, 2.45) is 5.41 Å². The van der Waals surface area contributed by atoms with Crippen molar-refractivity contribution < 1.29 is 19.4 Å². The summed E-state index contributed by atoms with van der Waals surface area (Å²) in [5.41, 5.74) is 0.125. The molecule has 2 rings (SSSR count). The van der Waals surface area contributed by atoms with Crippen molar-refractivity contribution in [1.82, 2.24) is 0 Å². The number of rotatable bonds is 6. The first-order valence-corrected chi connectivity index (χ1v) is 7.84. The van der Waals surface area contributed by atoms with Gasteiger partial charge in [0, 0.05) is 10.9 Å². The van der Waals surface area contributed by atoms with E-state index in [-0.39, 0.29) is 18.6 Å². The second kappa shape index (κ2) is 6.60. The Kier molecular flexibility index (Phi) is 5.04. The molecule has 1 aromatic carbocycles. The van der Waals surface area contributed by atoms with Gasteiger partial charge in [0.2, 0.25) is 0 Å². The van der Waals surface area contributed by atoms with Gasteiger partial charge in [-0.05, 0) is 36.5 Å². The lowest BCUT2D eigenvalue weighted by molar-refractivity contribution is -0.139. The van der Waals surface area contributed by atoms with Crippen LogP contribution < -0.4 is 4.74 Å². The fourth-order valence-corrected chi connectivity index (χ4v) is 3.56. The molecule has 1 aromatic rings. The summed E-state index contributed by atoms with van der Waals surface area (Å²) >= 11 is 3.36. The molecule has 0 atom stereocenters. The van der Waals surface area contributed by atoms with Crippen molar-refractivity contribution in [2.75, 3.05) is 7.11 Å². The van der Waals surface area contributed by atoms with Gasteiger partial charge in [-0.3, -0.25) is 9.59 Å². The SMILES string of the molecule is COc1ccc(Br)cc1C(=O)CC1(CC(=O)O)CCCC1. The van der Waals surface area contributed by atoms with Crippen LogP contribution in [0.15, 0.2) is 22.7 Å². The third kappa shape index (κ3) is 3.84. The fourth-order valence-electron chi connectivity index (χ4n) is 3.20. The summed E-state index contributed by atoms with van der Waals surface area (Å²) in [6.07, 6.45) is 3.94. The molecule has 4 nitrogen and oxygen atoms in total. The smallest absolute Gasteiger partial charge is 0.303 e. The molecular formula is C16H19BrO4. The van der Waals surface area contributed by atoms with Crippen LogP contribution in [0.4, 0.5) is 0 Å². The van der Waals surface area contributed by atoms with E-state index in [1.54, 1.807) is 12.1 Å². The molecule has 0 bridgehead atoms. The van der Waals surface area contributed by atoms with Crippen LogP contribution in [0.25, 0.3) is 0 Å². The third-order valence-corrected chi connectivity index (χ3v) is 4.68. The predicted molar refractivity (Wildman–Crippen MR) is 82.8 cm³/mol. The zero-order chi connectivity index (χ0) is 15.5. The number of methoxy groups -OCH3 is 1. The normalized spacial score (nSPS) is 16.7. The van der Waals surface area contributed by atoms with Crippen molar-refractivity contribution in [3.05, 3.63) is 28.2 Å². The van der Waals surface area contributed by atoms with Crippen LogP contribution in [0.2, 0.25) is 0 Å². The number of ether oxygens (including phenoxy) is 1. The van der Waals surface area contributed by atoms with E-state index in [1.807, 2.05) is 6.07 Å². The average Bonchev–Trinajstić information content (AvgIpc) is 2.85. The van der Waals surface area contributed by atoms with Crippen LogP contribution in [0, 0.1) is 5.41 Å². The Hall–Kier alpha value is -1.36. The Balaban J connectivity index is 2.23. The van der Waals surface area contributed by atoms with Crippen LogP contribution >= 0.6 is 15.9 Å². The highest BCUT2D eigenvalue weighted by atomic mass is 79.9. The van der Waals surface area contributed by atoms with Gasteiger partial charge in [-0.15, -0.1) is 0 Å². The number of carboxylic acids is 1. The molecule has 1 saturated carbocycles. The molecule has 0 aliphatic heterocycles. The van der Waals surface area contributed by atoms with Crippen molar-refractivity contribution in [1.29, 1.82) is 0 Å². The van der Waals surface area contributed by atoms with Crippen molar-refractivity contribution >= 4 is 27.7 Å².